The Bertz CT molecular complexity index is 432. The molecule has 21 heavy (non-hydrogen) atoms. The molecule has 1 aliphatic rings. The molecule has 0 saturated heterocycles. The first kappa shape index (κ1) is 20.6. The average Bonchev–Trinajstić information content (AvgIpc) is 2.30. The summed E-state index contributed by atoms with van der Waals surface area (Å²) in [4.78, 5) is 11.7. The standard InChI is InChI=1S/C13H27N3O3S.ClH/c1-10-4-6-11(7-5-10)16-20(18,19)8-12(17)15-13(2,3)9-14;/h10-11,16H,4-9,14H2,1-3H3,(H,15,17);1H. The quantitative estimate of drug-likeness (QED) is 0.663. The lowest BCUT2D eigenvalue weighted by molar-refractivity contribution is -0.120. The summed E-state index contributed by atoms with van der Waals surface area (Å²) in [6.07, 6.45) is 3.74. The zero-order chi connectivity index (χ0) is 15.4. The third-order valence-corrected chi connectivity index (χ3v) is 5.01. The van der Waals surface area contributed by atoms with Crippen molar-refractivity contribution in [2.24, 2.45) is 11.7 Å². The van der Waals surface area contributed by atoms with E-state index in [1.54, 1.807) is 13.8 Å². The van der Waals surface area contributed by atoms with E-state index in [2.05, 4.69) is 17.0 Å². The first-order valence-electron chi connectivity index (χ1n) is 7.14. The number of hydrogen-bond acceptors (Lipinski definition) is 4. The van der Waals surface area contributed by atoms with Gasteiger partial charge in [-0.3, -0.25) is 4.79 Å². The number of hydrogen-bond donors (Lipinski definition) is 3. The van der Waals surface area contributed by atoms with E-state index in [9.17, 15) is 13.2 Å². The summed E-state index contributed by atoms with van der Waals surface area (Å²) in [6.45, 7) is 5.95. The summed E-state index contributed by atoms with van der Waals surface area (Å²) in [5.41, 5.74) is 4.91. The highest BCUT2D eigenvalue weighted by Gasteiger charge is 2.26. The lowest BCUT2D eigenvalue weighted by atomic mass is 9.88. The van der Waals surface area contributed by atoms with Crippen molar-refractivity contribution in [3.63, 3.8) is 0 Å². The van der Waals surface area contributed by atoms with Crippen LogP contribution in [0.2, 0.25) is 0 Å². The summed E-state index contributed by atoms with van der Waals surface area (Å²) in [6, 6.07) is -0.0356. The molecular formula is C13H28ClN3O3S. The van der Waals surface area contributed by atoms with Crippen LogP contribution in [-0.2, 0) is 14.8 Å². The van der Waals surface area contributed by atoms with E-state index in [1.165, 1.54) is 0 Å². The summed E-state index contributed by atoms with van der Waals surface area (Å²) in [7, 11) is -3.58. The van der Waals surface area contributed by atoms with Crippen LogP contribution in [0, 0.1) is 5.92 Å². The van der Waals surface area contributed by atoms with Crippen LogP contribution in [0.15, 0.2) is 0 Å². The Labute approximate surface area is 134 Å². The molecule has 126 valence electrons. The Morgan fingerprint density at radius 2 is 1.76 bits per heavy atom. The van der Waals surface area contributed by atoms with E-state index >= 15 is 0 Å². The third-order valence-electron chi connectivity index (χ3n) is 3.67. The van der Waals surface area contributed by atoms with Gasteiger partial charge >= 0.3 is 0 Å². The predicted octanol–water partition coefficient (Wildman–Crippen LogP) is 0.760. The van der Waals surface area contributed by atoms with Crippen molar-refractivity contribution in [2.75, 3.05) is 12.3 Å². The van der Waals surface area contributed by atoms with Crippen molar-refractivity contribution in [1.29, 1.82) is 0 Å². The van der Waals surface area contributed by atoms with Gasteiger partial charge in [-0.15, -0.1) is 12.4 Å². The molecule has 1 amide bonds. The van der Waals surface area contributed by atoms with E-state index in [1.807, 2.05) is 0 Å². The highest BCUT2D eigenvalue weighted by molar-refractivity contribution is 7.90. The number of carbonyl (C=O) groups is 1. The zero-order valence-electron chi connectivity index (χ0n) is 13.0. The molecule has 0 aliphatic heterocycles. The third kappa shape index (κ3) is 7.99. The van der Waals surface area contributed by atoms with E-state index in [4.69, 9.17) is 5.73 Å². The molecule has 0 aromatic heterocycles. The molecule has 0 atom stereocenters. The van der Waals surface area contributed by atoms with Crippen LogP contribution in [0.5, 0.6) is 0 Å². The van der Waals surface area contributed by atoms with Crippen molar-refractivity contribution in [2.45, 2.75) is 58.0 Å². The molecule has 0 unspecified atom stereocenters. The maximum atomic E-state index is 12.0. The number of sulfonamides is 1. The first-order valence-corrected chi connectivity index (χ1v) is 8.80. The topological polar surface area (TPSA) is 101 Å². The Balaban J connectivity index is 0.00000400. The Hall–Kier alpha value is -0.370. The Morgan fingerprint density at radius 3 is 2.24 bits per heavy atom. The van der Waals surface area contributed by atoms with E-state index < -0.39 is 27.2 Å². The summed E-state index contributed by atoms with van der Waals surface area (Å²) < 4.78 is 26.6. The van der Waals surface area contributed by atoms with Crippen LogP contribution in [0.4, 0.5) is 0 Å². The van der Waals surface area contributed by atoms with Crippen LogP contribution < -0.4 is 15.8 Å². The molecule has 4 N–H and O–H groups in total. The highest BCUT2D eigenvalue weighted by atomic mass is 35.5. The van der Waals surface area contributed by atoms with Crippen LogP contribution in [0.25, 0.3) is 0 Å². The van der Waals surface area contributed by atoms with Gasteiger partial charge in [0.05, 0.1) is 0 Å². The Morgan fingerprint density at radius 1 is 1.24 bits per heavy atom. The molecule has 0 heterocycles. The van der Waals surface area contributed by atoms with Gasteiger partial charge in [-0.25, -0.2) is 13.1 Å². The van der Waals surface area contributed by atoms with Gasteiger partial charge in [0.1, 0.15) is 5.75 Å². The molecular weight excluding hydrogens is 314 g/mol. The second-order valence-electron chi connectivity index (χ2n) is 6.47. The minimum atomic E-state index is -3.58. The normalized spacial score (nSPS) is 23.2. The van der Waals surface area contributed by atoms with Gasteiger partial charge in [0.15, 0.2) is 0 Å². The number of carbonyl (C=O) groups excluding carboxylic acids is 1. The molecule has 0 bridgehead atoms. The summed E-state index contributed by atoms with van der Waals surface area (Å²) >= 11 is 0. The van der Waals surface area contributed by atoms with Gasteiger partial charge < -0.3 is 11.1 Å². The van der Waals surface area contributed by atoms with Crippen LogP contribution in [-0.4, -0.2) is 38.2 Å². The van der Waals surface area contributed by atoms with Gasteiger partial charge in [0, 0.05) is 18.1 Å². The highest BCUT2D eigenvalue weighted by Crippen LogP contribution is 2.23. The zero-order valence-corrected chi connectivity index (χ0v) is 14.6. The lowest BCUT2D eigenvalue weighted by Crippen LogP contribution is -2.52. The molecule has 0 spiro atoms. The average molecular weight is 342 g/mol. The molecule has 1 fully saturated rings. The van der Waals surface area contributed by atoms with Crippen molar-refractivity contribution in [3.8, 4) is 0 Å². The number of nitrogens with one attached hydrogen (secondary N) is 2. The van der Waals surface area contributed by atoms with Gasteiger partial charge in [-0.05, 0) is 45.4 Å². The second kappa shape index (κ2) is 8.31. The number of amides is 1. The Kier molecular flexibility index (Phi) is 8.17. The molecule has 0 aromatic carbocycles. The number of rotatable bonds is 6. The molecule has 0 radical (unpaired) electrons. The minimum Gasteiger partial charge on any atom is -0.349 e. The minimum absolute atomic E-state index is 0. The maximum absolute atomic E-state index is 12.0. The molecule has 1 saturated carbocycles. The van der Waals surface area contributed by atoms with Crippen molar-refractivity contribution < 1.29 is 13.2 Å². The maximum Gasteiger partial charge on any atom is 0.237 e. The van der Waals surface area contributed by atoms with Crippen molar-refractivity contribution in [3.05, 3.63) is 0 Å². The summed E-state index contributed by atoms with van der Waals surface area (Å²) in [5, 5.41) is 2.62. The molecule has 8 heteroatoms. The fraction of sp³-hybridized carbons (Fsp3) is 0.923. The van der Waals surface area contributed by atoms with Gasteiger partial charge in [-0.1, -0.05) is 6.92 Å². The van der Waals surface area contributed by atoms with E-state index in [0.29, 0.717) is 5.92 Å². The lowest BCUT2D eigenvalue weighted by Gasteiger charge is -2.27. The fourth-order valence-electron chi connectivity index (χ4n) is 2.31. The van der Waals surface area contributed by atoms with Crippen LogP contribution >= 0.6 is 12.4 Å². The fourth-order valence-corrected chi connectivity index (χ4v) is 3.55. The van der Waals surface area contributed by atoms with Crippen molar-refractivity contribution >= 4 is 28.3 Å². The number of nitrogens with two attached hydrogens (primary N) is 1. The molecule has 1 rings (SSSR count). The van der Waals surface area contributed by atoms with Crippen molar-refractivity contribution in [1.82, 2.24) is 10.0 Å². The van der Waals surface area contributed by atoms with E-state index in [-0.39, 0.29) is 25.0 Å². The second-order valence-corrected chi connectivity index (χ2v) is 8.22. The van der Waals surface area contributed by atoms with Crippen LogP contribution in [0.3, 0.4) is 0 Å². The van der Waals surface area contributed by atoms with Gasteiger partial charge in [-0.2, -0.15) is 0 Å². The first-order chi connectivity index (χ1) is 9.13. The summed E-state index contributed by atoms with van der Waals surface area (Å²) in [5.74, 6) is -0.399. The van der Waals surface area contributed by atoms with Crippen LogP contribution in [0.1, 0.15) is 46.5 Å². The molecule has 0 aromatic rings. The molecule has 1 aliphatic carbocycles. The SMILES string of the molecule is CC1CCC(NS(=O)(=O)CC(=O)NC(C)(C)CN)CC1.Cl. The van der Waals surface area contributed by atoms with Gasteiger partial charge in [0.2, 0.25) is 15.9 Å². The monoisotopic (exact) mass is 341 g/mol. The van der Waals surface area contributed by atoms with Gasteiger partial charge in [0.25, 0.3) is 0 Å². The number of halogens is 1. The van der Waals surface area contributed by atoms with E-state index in [0.717, 1.165) is 25.7 Å². The predicted molar refractivity (Wildman–Crippen MR) is 86.9 cm³/mol. The smallest absolute Gasteiger partial charge is 0.237 e. The largest absolute Gasteiger partial charge is 0.349 e. The molecule has 6 nitrogen and oxygen atoms in total.